The minimum atomic E-state index is -4.22. The maximum Gasteiger partial charge on any atom is 0.304 e. The summed E-state index contributed by atoms with van der Waals surface area (Å²) in [4.78, 5) is 27.9. The minimum absolute atomic E-state index is 0.0758. The molecule has 0 saturated heterocycles. The molecule has 0 bridgehead atoms. The lowest BCUT2D eigenvalue weighted by Gasteiger charge is -2.34. The highest BCUT2D eigenvalue weighted by Crippen LogP contribution is 2.24. The second kappa shape index (κ2) is 11.2. The van der Waals surface area contributed by atoms with Gasteiger partial charge in [0.25, 0.3) is 0 Å². The van der Waals surface area contributed by atoms with Crippen LogP contribution < -0.4 is 9.62 Å². The van der Waals surface area contributed by atoms with Crippen molar-refractivity contribution in [2.45, 2.75) is 52.7 Å². The molecule has 0 heterocycles. The topological polar surface area (TPSA) is 90.0 Å². The Morgan fingerprint density at radius 3 is 2.23 bits per heavy atom. The summed E-state index contributed by atoms with van der Waals surface area (Å²) in [6.07, 6.45) is 0. The molecule has 0 radical (unpaired) electrons. The third kappa shape index (κ3) is 7.50. The third-order valence-corrected chi connectivity index (χ3v) is 7.05. The molecule has 0 aliphatic heterocycles. The van der Waals surface area contributed by atoms with E-state index in [1.54, 1.807) is 6.92 Å². The van der Waals surface area contributed by atoms with E-state index in [9.17, 15) is 22.4 Å². The molecular weight excluding hydrogens is 471 g/mol. The maximum atomic E-state index is 14.6. The molecule has 192 valence electrons. The van der Waals surface area contributed by atoms with Gasteiger partial charge in [-0.05, 0) is 52.3 Å². The minimum Gasteiger partial charge on any atom is -0.350 e. The number of para-hydroxylation sites is 1. The molecule has 2 amide bonds. The number of aryl methyl sites for hydroxylation is 1. The summed E-state index contributed by atoms with van der Waals surface area (Å²) in [7, 11) is -1.61. The SMILES string of the molecule is Cc1cccc(CN(C(=O)CN(c2ccccc2F)S(=O)(=O)N(C)C)[C@H](C)C(=O)NC(C)(C)C)c1. The summed E-state index contributed by atoms with van der Waals surface area (Å²) >= 11 is 0. The van der Waals surface area contributed by atoms with E-state index in [4.69, 9.17) is 0 Å². The number of nitrogens with zero attached hydrogens (tertiary/aromatic N) is 3. The average molecular weight is 507 g/mol. The lowest BCUT2D eigenvalue weighted by atomic mass is 10.1. The van der Waals surface area contributed by atoms with Crippen LogP contribution in [-0.2, 0) is 26.3 Å². The van der Waals surface area contributed by atoms with Crippen LogP contribution >= 0.6 is 0 Å². The van der Waals surface area contributed by atoms with Gasteiger partial charge in [-0.15, -0.1) is 0 Å². The van der Waals surface area contributed by atoms with Crippen LogP contribution in [0.15, 0.2) is 48.5 Å². The van der Waals surface area contributed by atoms with Gasteiger partial charge in [-0.3, -0.25) is 9.59 Å². The molecule has 0 aliphatic carbocycles. The monoisotopic (exact) mass is 506 g/mol. The smallest absolute Gasteiger partial charge is 0.304 e. The van der Waals surface area contributed by atoms with Gasteiger partial charge in [-0.1, -0.05) is 42.0 Å². The van der Waals surface area contributed by atoms with Crippen molar-refractivity contribution in [1.82, 2.24) is 14.5 Å². The first-order valence-corrected chi connectivity index (χ1v) is 12.6. The van der Waals surface area contributed by atoms with Crippen molar-refractivity contribution < 1.29 is 22.4 Å². The fraction of sp³-hybridized carbons (Fsp3) is 0.440. The van der Waals surface area contributed by atoms with E-state index < -0.39 is 40.1 Å². The molecule has 1 atom stereocenters. The molecule has 0 aliphatic rings. The molecule has 8 nitrogen and oxygen atoms in total. The van der Waals surface area contributed by atoms with Crippen LogP contribution in [0.5, 0.6) is 0 Å². The fourth-order valence-electron chi connectivity index (χ4n) is 3.42. The van der Waals surface area contributed by atoms with Gasteiger partial charge in [0.15, 0.2) is 0 Å². The summed E-state index contributed by atoms with van der Waals surface area (Å²) in [5.74, 6) is -1.81. The number of nitrogens with one attached hydrogen (secondary N) is 1. The van der Waals surface area contributed by atoms with Crippen LogP contribution in [-0.4, -0.2) is 61.7 Å². The number of carbonyl (C=O) groups excluding carboxylic acids is 2. The molecule has 10 heteroatoms. The number of halogens is 1. The number of hydrogen-bond acceptors (Lipinski definition) is 4. The van der Waals surface area contributed by atoms with Crippen LogP contribution in [0.4, 0.5) is 10.1 Å². The van der Waals surface area contributed by atoms with Crippen LogP contribution in [0.1, 0.15) is 38.8 Å². The Bertz CT molecular complexity index is 1160. The van der Waals surface area contributed by atoms with Crippen molar-refractivity contribution in [2.24, 2.45) is 0 Å². The first-order chi connectivity index (χ1) is 16.1. The zero-order valence-electron chi connectivity index (χ0n) is 21.4. The van der Waals surface area contributed by atoms with Crippen molar-refractivity contribution in [3.8, 4) is 0 Å². The first-order valence-electron chi connectivity index (χ1n) is 11.2. The predicted molar refractivity (Wildman–Crippen MR) is 135 cm³/mol. The largest absolute Gasteiger partial charge is 0.350 e. The number of anilines is 1. The number of carbonyl (C=O) groups is 2. The molecule has 35 heavy (non-hydrogen) atoms. The molecule has 0 spiro atoms. The molecule has 2 aromatic carbocycles. The van der Waals surface area contributed by atoms with Gasteiger partial charge < -0.3 is 10.2 Å². The van der Waals surface area contributed by atoms with Gasteiger partial charge in [-0.2, -0.15) is 12.7 Å². The quantitative estimate of drug-likeness (QED) is 0.566. The predicted octanol–water partition coefficient (Wildman–Crippen LogP) is 3.08. The summed E-state index contributed by atoms with van der Waals surface area (Å²) in [5, 5.41) is 2.86. The lowest BCUT2D eigenvalue weighted by molar-refractivity contribution is -0.140. The van der Waals surface area contributed by atoms with Crippen LogP contribution in [0.2, 0.25) is 0 Å². The highest BCUT2D eigenvalue weighted by molar-refractivity contribution is 7.90. The Morgan fingerprint density at radius 2 is 1.69 bits per heavy atom. The number of benzene rings is 2. The Kier molecular flexibility index (Phi) is 9.02. The van der Waals surface area contributed by atoms with Crippen LogP contribution in [0, 0.1) is 12.7 Å². The summed E-state index contributed by atoms with van der Waals surface area (Å²) in [6, 6.07) is 11.9. The molecule has 2 aromatic rings. The van der Waals surface area contributed by atoms with E-state index in [0.29, 0.717) is 0 Å². The fourth-order valence-corrected chi connectivity index (χ4v) is 4.48. The maximum absolute atomic E-state index is 14.6. The van der Waals surface area contributed by atoms with E-state index in [2.05, 4.69) is 5.32 Å². The number of rotatable bonds is 9. The van der Waals surface area contributed by atoms with Crippen molar-refractivity contribution in [1.29, 1.82) is 0 Å². The highest BCUT2D eigenvalue weighted by Gasteiger charge is 2.34. The van der Waals surface area contributed by atoms with E-state index in [1.165, 1.54) is 37.2 Å². The molecule has 0 unspecified atom stereocenters. The Balaban J connectivity index is 2.49. The molecule has 0 saturated carbocycles. The van der Waals surface area contributed by atoms with Gasteiger partial charge >= 0.3 is 10.2 Å². The zero-order valence-corrected chi connectivity index (χ0v) is 22.2. The second-order valence-electron chi connectivity index (χ2n) is 9.67. The van der Waals surface area contributed by atoms with Gasteiger partial charge in [0.05, 0.1) is 5.69 Å². The Hall–Kier alpha value is -2.98. The van der Waals surface area contributed by atoms with E-state index in [0.717, 1.165) is 25.8 Å². The average Bonchev–Trinajstić information content (AvgIpc) is 2.74. The van der Waals surface area contributed by atoms with Crippen molar-refractivity contribution in [3.63, 3.8) is 0 Å². The van der Waals surface area contributed by atoms with Crippen molar-refractivity contribution in [2.75, 3.05) is 24.9 Å². The van der Waals surface area contributed by atoms with Gasteiger partial charge in [-0.25, -0.2) is 8.70 Å². The summed E-state index contributed by atoms with van der Waals surface area (Å²) in [6.45, 7) is 8.38. The van der Waals surface area contributed by atoms with E-state index >= 15 is 0 Å². The zero-order chi connectivity index (χ0) is 26.6. The lowest BCUT2D eigenvalue weighted by Crippen LogP contribution is -2.55. The molecule has 1 N–H and O–H groups in total. The Labute approximate surface area is 207 Å². The van der Waals surface area contributed by atoms with Crippen LogP contribution in [0.25, 0.3) is 0 Å². The summed E-state index contributed by atoms with van der Waals surface area (Å²) in [5.41, 5.74) is 0.972. The van der Waals surface area contributed by atoms with Crippen LogP contribution in [0.3, 0.4) is 0 Å². The molecular formula is C25H35FN4O4S. The first kappa shape index (κ1) is 28.3. The normalized spacial score (nSPS) is 12.8. The molecule has 2 rings (SSSR count). The van der Waals surface area contributed by atoms with Gasteiger partial charge in [0.1, 0.15) is 18.4 Å². The Morgan fingerprint density at radius 1 is 1.06 bits per heavy atom. The van der Waals surface area contributed by atoms with Crippen molar-refractivity contribution in [3.05, 3.63) is 65.5 Å². The molecule has 0 fully saturated rings. The van der Waals surface area contributed by atoms with E-state index in [-0.39, 0.29) is 18.1 Å². The third-order valence-electron chi connectivity index (χ3n) is 5.24. The number of amides is 2. The second-order valence-corrected chi connectivity index (χ2v) is 11.7. The molecule has 0 aromatic heterocycles. The number of hydrogen-bond donors (Lipinski definition) is 1. The van der Waals surface area contributed by atoms with Crippen molar-refractivity contribution >= 4 is 27.7 Å². The summed E-state index contributed by atoms with van der Waals surface area (Å²) < 4.78 is 42.4. The van der Waals surface area contributed by atoms with E-state index in [1.807, 2.05) is 52.0 Å². The van der Waals surface area contributed by atoms with Gasteiger partial charge in [0.2, 0.25) is 11.8 Å². The highest BCUT2D eigenvalue weighted by atomic mass is 32.2. The standard InChI is InChI=1S/C25H35FN4O4S/c1-18-11-10-12-20(15-18)16-29(19(2)24(32)27-25(3,4)5)23(31)17-30(35(33,34)28(6)7)22-14-9-8-13-21(22)26/h8-15,19H,16-17H2,1-7H3,(H,27,32)/t19-/m1/s1. The van der Waals surface area contributed by atoms with Gasteiger partial charge in [0, 0.05) is 26.2 Å².